The summed E-state index contributed by atoms with van der Waals surface area (Å²) in [4.78, 5) is 40.6. The maximum Gasteiger partial charge on any atom is 0.332 e. The van der Waals surface area contributed by atoms with Gasteiger partial charge in [-0.3, -0.25) is 18.7 Å². The van der Waals surface area contributed by atoms with Crippen LogP contribution in [0.15, 0.2) is 34.2 Å². The van der Waals surface area contributed by atoms with Crippen LogP contribution in [0, 0.1) is 0 Å². The largest absolute Gasteiger partial charge is 0.348 e. The first-order valence-electron chi connectivity index (χ1n) is 6.67. The SMILES string of the molecule is Cn1cccc1C(=O)Cn1cnc2c1c(=O)n(C)c(=O)n2C. The van der Waals surface area contributed by atoms with Crippen LogP contribution in [0.1, 0.15) is 10.5 Å². The molecule has 0 N–H and O–H groups in total. The average Bonchev–Trinajstić information content (AvgIpc) is 3.09. The van der Waals surface area contributed by atoms with Crippen molar-refractivity contribution in [3.05, 3.63) is 51.2 Å². The highest BCUT2D eigenvalue weighted by Gasteiger charge is 2.17. The Morgan fingerprint density at radius 1 is 1.18 bits per heavy atom. The van der Waals surface area contributed by atoms with Crippen LogP contribution in [0.3, 0.4) is 0 Å². The Labute approximate surface area is 124 Å². The minimum atomic E-state index is -0.463. The van der Waals surface area contributed by atoms with Gasteiger partial charge < -0.3 is 9.13 Å². The molecule has 8 nitrogen and oxygen atoms in total. The Morgan fingerprint density at radius 3 is 2.55 bits per heavy atom. The molecule has 0 fully saturated rings. The molecule has 114 valence electrons. The van der Waals surface area contributed by atoms with Crippen molar-refractivity contribution in [2.75, 3.05) is 0 Å². The van der Waals surface area contributed by atoms with E-state index in [1.54, 1.807) is 37.0 Å². The molecule has 0 saturated carbocycles. The number of carbonyl (C=O) groups excluding carboxylic acids is 1. The van der Waals surface area contributed by atoms with Gasteiger partial charge in [-0.2, -0.15) is 0 Å². The molecule has 0 aromatic carbocycles. The zero-order chi connectivity index (χ0) is 16.0. The summed E-state index contributed by atoms with van der Waals surface area (Å²) in [6, 6.07) is 3.50. The highest BCUT2D eigenvalue weighted by Crippen LogP contribution is 2.08. The van der Waals surface area contributed by atoms with E-state index >= 15 is 0 Å². The maximum absolute atomic E-state index is 12.3. The first-order valence-corrected chi connectivity index (χ1v) is 6.67. The minimum Gasteiger partial charge on any atom is -0.348 e. The molecule has 0 atom stereocenters. The third-order valence-electron chi connectivity index (χ3n) is 3.76. The van der Waals surface area contributed by atoms with Crippen LogP contribution >= 0.6 is 0 Å². The maximum atomic E-state index is 12.3. The second-order valence-corrected chi connectivity index (χ2v) is 5.18. The Bertz CT molecular complexity index is 1000. The second-order valence-electron chi connectivity index (χ2n) is 5.18. The van der Waals surface area contributed by atoms with E-state index in [-0.39, 0.29) is 23.5 Å². The highest BCUT2D eigenvalue weighted by atomic mass is 16.2. The van der Waals surface area contributed by atoms with Gasteiger partial charge in [-0.25, -0.2) is 9.78 Å². The standard InChI is InChI=1S/C14H15N5O3/c1-16-6-4-5-9(16)10(20)7-19-8-15-12-11(19)13(21)18(3)14(22)17(12)2/h4-6,8H,7H2,1-3H3. The van der Waals surface area contributed by atoms with Crippen molar-refractivity contribution < 1.29 is 4.79 Å². The van der Waals surface area contributed by atoms with Crippen molar-refractivity contribution in [3.63, 3.8) is 0 Å². The lowest BCUT2D eigenvalue weighted by Crippen LogP contribution is -2.37. The lowest BCUT2D eigenvalue weighted by molar-refractivity contribution is 0.0965. The van der Waals surface area contributed by atoms with E-state index in [1.165, 1.54) is 22.5 Å². The van der Waals surface area contributed by atoms with Crippen molar-refractivity contribution in [1.82, 2.24) is 23.3 Å². The molecular weight excluding hydrogens is 286 g/mol. The van der Waals surface area contributed by atoms with Crippen LogP contribution in [0.25, 0.3) is 11.2 Å². The van der Waals surface area contributed by atoms with E-state index in [2.05, 4.69) is 4.98 Å². The van der Waals surface area contributed by atoms with Gasteiger partial charge in [0.25, 0.3) is 5.56 Å². The number of nitrogens with zero attached hydrogens (tertiary/aromatic N) is 5. The molecule has 3 aromatic rings. The van der Waals surface area contributed by atoms with Crippen molar-refractivity contribution in [2.45, 2.75) is 6.54 Å². The van der Waals surface area contributed by atoms with Crippen LogP contribution in [0.5, 0.6) is 0 Å². The van der Waals surface area contributed by atoms with Gasteiger partial charge in [0.05, 0.1) is 18.6 Å². The van der Waals surface area contributed by atoms with Crippen molar-refractivity contribution >= 4 is 16.9 Å². The molecule has 0 aliphatic carbocycles. The van der Waals surface area contributed by atoms with Gasteiger partial charge in [-0.1, -0.05) is 0 Å². The fourth-order valence-corrected chi connectivity index (χ4v) is 2.50. The van der Waals surface area contributed by atoms with Crippen LogP contribution in [-0.2, 0) is 27.7 Å². The zero-order valence-corrected chi connectivity index (χ0v) is 12.5. The predicted octanol–water partition coefficient (Wildman–Crippen LogP) is -0.345. The first kappa shape index (κ1) is 14.1. The monoisotopic (exact) mass is 301 g/mol. The van der Waals surface area contributed by atoms with Crippen LogP contribution in [-0.4, -0.2) is 29.0 Å². The van der Waals surface area contributed by atoms with Crippen LogP contribution < -0.4 is 11.2 Å². The number of aryl methyl sites for hydroxylation is 2. The Morgan fingerprint density at radius 2 is 1.91 bits per heavy atom. The second kappa shape index (κ2) is 4.83. The molecule has 8 heteroatoms. The summed E-state index contributed by atoms with van der Waals surface area (Å²) in [6.07, 6.45) is 3.19. The summed E-state index contributed by atoms with van der Waals surface area (Å²) in [7, 11) is 4.73. The van der Waals surface area contributed by atoms with Crippen molar-refractivity contribution in [1.29, 1.82) is 0 Å². The fourth-order valence-electron chi connectivity index (χ4n) is 2.50. The fraction of sp³-hybridized carbons (Fsp3) is 0.286. The van der Waals surface area contributed by atoms with E-state index in [0.717, 1.165) is 4.57 Å². The minimum absolute atomic E-state index is 0.0121. The van der Waals surface area contributed by atoms with Gasteiger partial charge in [0, 0.05) is 27.3 Å². The summed E-state index contributed by atoms with van der Waals surface area (Å²) >= 11 is 0. The normalized spacial score (nSPS) is 11.2. The predicted molar refractivity (Wildman–Crippen MR) is 80.0 cm³/mol. The number of hydrogen-bond donors (Lipinski definition) is 0. The molecule has 0 bridgehead atoms. The summed E-state index contributed by atoms with van der Waals surface area (Å²) < 4.78 is 5.50. The topological polar surface area (TPSA) is 83.8 Å². The summed E-state index contributed by atoms with van der Waals surface area (Å²) in [5, 5.41) is 0. The van der Waals surface area contributed by atoms with Gasteiger partial charge in [-0.05, 0) is 12.1 Å². The van der Waals surface area contributed by atoms with Gasteiger partial charge in [0.15, 0.2) is 16.9 Å². The number of carbonyl (C=O) groups is 1. The molecule has 0 aliphatic heterocycles. The molecule has 0 aliphatic rings. The Balaban J connectivity index is 2.14. The number of fused-ring (bicyclic) bond motifs is 1. The number of Topliss-reactive ketones (excluding diaryl/α,β-unsaturated/α-hetero) is 1. The van der Waals surface area contributed by atoms with E-state index in [1.807, 2.05) is 0 Å². The van der Waals surface area contributed by atoms with E-state index in [0.29, 0.717) is 5.69 Å². The Kier molecular flexibility index (Phi) is 3.09. The van der Waals surface area contributed by atoms with E-state index < -0.39 is 11.2 Å². The number of hydrogen-bond acceptors (Lipinski definition) is 4. The van der Waals surface area contributed by atoms with E-state index in [9.17, 15) is 14.4 Å². The summed E-state index contributed by atoms with van der Waals surface area (Å²) in [5.74, 6) is -0.136. The molecule has 0 saturated heterocycles. The summed E-state index contributed by atoms with van der Waals surface area (Å²) in [5.41, 5.74) is 0.148. The molecule has 3 heterocycles. The van der Waals surface area contributed by atoms with Gasteiger partial charge in [0.1, 0.15) is 0 Å². The molecule has 22 heavy (non-hydrogen) atoms. The number of aromatic nitrogens is 5. The average molecular weight is 301 g/mol. The molecule has 0 amide bonds. The zero-order valence-electron chi connectivity index (χ0n) is 12.5. The van der Waals surface area contributed by atoms with Gasteiger partial charge in [-0.15, -0.1) is 0 Å². The smallest absolute Gasteiger partial charge is 0.332 e. The van der Waals surface area contributed by atoms with Crippen molar-refractivity contribution in [3.8, 4) is 0 Å². The molecule has 0 spiro atoms. The third-order valence-corrected chi connectivity index (χ3v) is 3.76. The highest BCUT2D eigenvalue weighted by molar-refractivity contribution is 5.95. The van der Waals surface area contributed by atoms with Crippen molar-refractivity contribution in [2.24, 2.45) is 21.1 Å². The summed E-state index contributed by atoms with van der Waals surface area (Å²) in [6.45, 7) is -0.0121. The Hall–Kier alpha value is -2.90. The molecule has 3 aromatic heterocycles. The lowest BCUT2D eigenvalue weighted by Gasteiger charge is -2.07. The quantitative estimate of drug-likeness (QED) is 0.619. The molecule has 0 radical (unpaired) electrons. The van der Waals surface area contributed by atoms with Crippen LogP contribution in [0.4, 0.5) is 0 Å². The first-order chi connectivity index (χ1) is 10.4. The van der Waals surface area contributed by atoms with Crippen LogP contribution in [0.2, 0.25) is 0 Å². The number of imidazole rings is 1. The molecule has 0 unspecified atom stereocenters. The lowest BCUT2D eigenvalue weighted by atomic mass is 10.3. The van der Waals surface area contributed by atoms with Gasteiger partial charge >= 0.3 is 5.69 Å². The number of rotatable bonds is 3. The number of ketones is 1. The van der Waals surface area contributed by atoms with E-state index in [4.69, 9.17) is 0 Å². The molecular formula is C14H15N5O3. The van der Waals surface area contributed by atoms with Gasteiger partial charge in [0.2, 0.25) is 0 Å². The third kappa shape index (κ3) is 1.92. The molecule has 3 rings (SSSR count).